The van der Waals surface area contributed by atoms with Gasteiger partial charge in [0.05, 0.1) is 0 Å². The van der Waals surface area contributed by atoms with Crippen molar-refractivity contribution in [3.8, 4) is 0 Å². The van der Waals surface area contributed by atoms with E-state index in [1.807, 2.05) is 0 Å². The third kappa shape index (κ3) is 55.9. The van der Waals surface area contributed by atoms with Crippen LogP contribution in [0.3, 0.4) is 0 Å². The molecule has 69 heavy (non-hydrogen) atoms. The van der Waals surface area contributed by atoms with Gasteiger partial charge >= 0.3 is 17.9 Å². The highest BCUT2D eigenvalue weighted by atomic mass is 16.6. The maximum absolute atomic E-state index is 12.9. The predicted octanol–water partition coefficient (Wildman–Crippen LogP) is 20.0. The van der Waals surface area contributed by atoms with Crippen LogP contribution >= 0.6 is 0 Å². The lowest BCUT2D eigenvalue weighted by molar-refractivity contribution is -0.167. The van der Waals surface area contributed by atoms with Crippen LogP contribution in [0.15, 0.2) is 60.8 Å². The summed E-state index contributed by atoms with van der Waals surface area (Å²) in [6, 6.07) is 0. The first-order chi connectivity index (χ1) is 34.0. The molecule has 1 atom stereocenters. The summed E-state index contributed by atoms with van der Waals surface area (Å²) in [6.07, 6.45) is 72.2. The van der Waals surface area contributed by atoms with Crippen LogP contribution < -0.4 is 0 Å². The summed E-state index contributed by atoms with van der Waals surface area (Å²) >= 11 is 0. The molecule has 0 spiro atoms. The molecule has 0 bridgehead atoms. The number of unbranched alkanes of at least 4 members (excludes halogenated alkanes) is 33. The van der Waals surface area contributed by atoms with Crippen LogP contribution in [0.4, 0.5) is 0 Å². The van der Waals surface area contributed by atoms with Crippen LogP contribution in [0.2, 0.25) is 0 Å². The Bertz CT molecular complexity index is 1250. The van der Waals surface area contributed by atoms with E-state index in [2.05, 4.69) is 81.5 Å². The van der Waals surface area contributed by atoms with Gasteiger partial charge in [-0.15, -0.1) is 0 Å². The van der Waals surface area contributed by atoms with E-state index in [1.54, 1.807) is 0 Å². The van der Waals surface area contributed by atoms with E-state index in [1.165, 1.54) is 180 Å². The van der Waals surface area contributed by atoms with Crippen LogP contribution in [0, 0.1) is 0 Å². The first kappa shape index (κ1) is 66.1. The lowest BCUT2D eigenvalue weighted by atomic mass is 10.0. The maximum atomic E-state index is 12.9. The second kappa shape index (κ2) is 57.7. The van der Waals surface area contributed by atoms with Crippen molar-refractivity contribution in [3.05, 3.63) is 60.8 Å². The number of carbonyl (C=O) groups is 3. The molecule has 0 aromatic rings. The second-order valence-electron chi connectivity index (χ2n) is 19.9. The summed E-state index contributed by atoms with van der Waals surface area (Å²) in [7, 11) is 0. The van der Waals surface area contributed by atoms with Crippen LogP contribution in [0.1, 0.15) is 303 Å². The fraction of sp³-hybridized carbons (Fsp3) is 0.794. The Balaban J connectivity index is 4.35. The molecule has 0 saturated carbocycles. The molecule has 0 heterocycles. The zero-order chi connectivity index (χ0) is 50.0. The number of allylic oxidation sites excluding steroid dienone is 10. The molecular formula is C63H112O6. The molecule has 0 aromatic heterocycles. The number of hydrogen-bond donors (Lipinski definition) is 0. The van der Waals surface area contributed by atoms with E-state index in [0.717, 1.165) is 83.5 Å². The summed E-state index contributed by atoms with van der Waals surface area (Å²) in [5.41, 5.74) is 0. The molecule has 0 aliphatic rings. The minimum atomic E-state index is -0.792. The molecule has 6 nitrogen and oxygen atoms in total. The van der Waals surface area contributed by atoms with Crippen molar-refractivity contribution in [2.75, 3.05) is 13.2 Å². The van der Waals surface area contributed by atoms with E-state index >= 15 is 0 Å². The van der Waals surface area contributed by atoms with Crippen molar-refractivity contribution in [2.24, 2.45) is 0 Å². The van der Waals surface area contributed by atoms with Crippen LogP contribution in [0.25, 0.3) is 0 Å². The van der Waals surface area contributed by atoms with Crippen molar-refractivity contribution in [1.82, 2.24) is 0 Å². The van der Waals surface area contributed by atoms with Gasteiger partial charge in [0.25, 0.3) is 0 Å². The van der Waals surface area contributed by atoms with Gasteiger partial charge in [-0.3, -0.25) is 14.4 Å². The van der Waals surface area contributed by atoms with Gasteiger partial charge in [-0.2, -0.15) is 0 Å². The normalized spacial score (nSPS) is 12.4. The number of ether oxygens (including phenoxy) is 3. The maximum Gasteiger partial charge on any atom is 0.306 e. The zero-order valence-electron chi connectivity index (χ0n) is 45.8. The van der Waals surface area contributed by atoms with Crippen LogP contribution in [0.5, 0.6) is 0 Å². The first-order valence-corrected chi connectivity index (χ1v) is 29.8. The largest absolute Gasteiger partial charge is 0.462 e. The Labute approximate surface area is 428 Å². The summed E-state index contributed by atoms with van der Waals surface area (Å²) in [4.78, 5) is 38.2. The third-order valence-electron chi connectivity index (χ3n) is 13.0. The van der Waals surface area contributed by atoms with E-state index in [9.17, 15) is 14.4 Å². The highest BCUT2D eigenvalue weighted by Crippen LogP contribution is 2.17. The average Bonchev–Trinajstić information content (AvgIpc) is 3.35. The van der Waals surface area contributed by atoms with Crippen molar-refractivity contribution >= 4 is 17.9 Å². The molecule has 0 rings (SSSR count). The minimum absolute atomic E-state index is 0.0863. The van der Waals surface area contributed by atoms with Crippen molar-refractivity contribution in [3.63, 3.8) is 0 Å². The molecule has 0 aromatic carbocycles. The van der Waals surface area contributed by atoms with Crippen molar-refractivity contribution in [2.45, 2.75) is 309 Å². The highest BCUT2D eigenvalue weighted by Gasteiger charge is 2.19. The van der Waals surface area contributed by atoms with Gasteiger partial charge in [0.15, 0.2) is 6.10 Å². The number of rotatable bonds is 54. The molecule has 6 heteroatoms. The quantitative estimate of drug-likeness (QED) is 0.0262. The molecular weight excluding hydrogens is 853 g/mol. The average molecular weight is 966 g/mol. The highest BCUT2D eigenvalue weighted by molar-refractivity contribution is 5.71. The van der Waals surface area contributed by atoms with E-state index in [4.69, 9.17) is 14.2 Å². The Kier molecular flexibility index (Phi) is 55.3. The molecule has 0 aliphatic carbocycles. The molecule has 0 unspecified atom stereocenters. The van der Waals surface area contributed by atoms with Crippen molar-refractivity contribution < 1.29 is 28.6 Å². The van der Waals surface area contributed by atoms with Gasteiger partial charge in [-0.05, 0) is 83.5 Å². The second-order valence-corrected chi connectivity index (χ2v) is 19.9. The molecule has 0 saturated heterocycles. The Morgan fingerprint density at radius 3 is 0.942 bits per heavy atom. The molecule has 0 N–H and O–H groups in total. The molecule has 0 radical (unpaired) electrons. The summed E-state index contributed by atoms with van der Waals surface area (Å²) < 4.78 is 16.9. The van der Waals surface area contributed by atoms with Crippen LogP contribution in [-0.2, 0) is 28.6 Å². The number of carbonyl (C=O) groups excluding carboxylic acids is 3. The monoisotopic (exact) mass is 965 g/mol. The molecule has 400 valence electrons. The third-order valence-corrected chi connectivity index (χ3v) is 13.0. The Morgan fingerprint density at radius 1 is 0.304 bits per heavy atom. The lowest BCUT2D eigenvalue weighted by Gasteiger charge is -2.18. The van der Waals surface area contributed by atoms with E-state index in [0.29, 0.717) is 19.3 Å². The zero-order valence-corrected chi connectivity index (χ0v) is 45.8. The molecule has 0 amide bonds. The van der Waals surface area contributed by atoms with Gasteiger partial charge in [0.1, 0.15) is 13.2 Å². The summed E-state index contributed by atoms with van der Waals surface area (Å²) in [5, 5.41) is 0. The SMILES string of the molecule is CC/C=C\C/C=C\C/C=C\C/C=C\CCCCC(=O)OC[C@H](COC(=O)CCCCCCCCCCCCCCCCCCCCCCC)OC(=O)CCCCCCCCC/C=C\CCCCCC. The molecule has 0 aliphatic heterocycles. The number of hydrogen-bond acceptors (Lipinski definition) is 6. The predicted molar refractivity (Wildman–Crippen MR) is 298 cm³/mol. The van der Waals surface area contributed by atoms with E-state index < -0.39 is 6.10 Å². The molecule has 0 fully saturated rings. The summed E-state index contributed by atoms with van der Waals surface area (Å²) in [6.45, 7) is 6.51. The van der Waals surface area contributed by atoms with Gasteiger partial charge in [0, 0.05) is 19.3 Å². The Morgan fingerprint density at radius 2 is 0.565 bits per heavy atom. The fourth-order valence-electron chi connectivity index (χ4n) is 8.55. The Hall–Kier alpha value is -2.89. The van der Waals surface area contributed by atoms with Gasteiger partial charge in [0.2, 0.25) is 0 Å². The first-order valence-electron chi connectivity index (χ1n) is 29.8. The van der Waals surface area contributed by atoms with Gasteiger partial charge in [-0.1, -0.05) is 261 Å². The summed E-state index contributed by atoms with van der Waals surface area (Å²) in [5.74, 6) is -0.920. The van der Waals surface area contributed by atoms with Gasteiger partial charge in [-0.25, -0.2) is 0 Å². The lowest BCUT2D eigenvalue weighted by Crippen LogP contribution is -2.30. The fourth-order valence-corrected chi connectivity index (χ4v) is 8.55. The standard InChI is InChI=1S/C63H112O6/c1-4-7-10-13-16-19-22-25-28-29-30-31-32-33-36-38-41-44-47-50-53-56-62(65)68-59-60(69-63(66)57-54-51-48-45-42-39-35-27-24-21-18-15-12-9-6-3)58-67-61(64)55-52-49-46-43-40-37-34-26-23-20-17-14-11-8-5-2/h8,11,17,20-21,24,26,34,40,43,60H,4-7,9-10,12-16,18-19,22-23,25,27-33,35-39,41-42,44-59H2,1-3H3/b11-8-,20-17-,24-21-,34-26-,43-40-/t60-/m1/s1. The van der Waals surface area contributed by atoms with Crippen LogP contribution in [-0.4, -0.2) is 37.2 Å². The smallest absolute Gasteiger partial charge is 0.306 e. The topological polar surface area (TPSA) is 78.9 Å². The van der Waals surface area contributed by atoms with E-state index in [-0.39, 0.29) is 31.1 Å². The van der Waals surface area contributed by atoms with Crippen molar-refractivity contribution in [1.29, 1.82) is 0 Å². The number of esters is 3. The minimum Gasteiger partial charge on any atom is -0.462 e. The van der Waals surface area contributed by atoms with Gasteiger partial charge < -0.3 is 14.2 Å².